The zero-order valence-corrected chi connectivity index (χ0v) is 12.7. The van der Waals surface area contributed by atoms with Crippen molar-refractivity contribution in [3.8, 4) is 5.75 Å². The summed E-state index contributed by atoms with van der Waals surface area (Å²) in [6, 6.07) is 5.24. The van der Waals surface area contributed by atoms with Crippen LogP contribution in [0.25, 0.3) is 0 Å². The largest absolute Gasteiger partial charge is 0.480 e. The molecule has 0 aliphatic carbocycles. The van der Waals surface area contributed by atoms with E-state index in [1.54, 1.807) is 25.1 Å². The van der Waals surface area contributed by atoms with Crippen LogP contribution < -0.4 is 4.74 Å². The number of carbonyl (C=O) groups excluding carboxylic acids is 1. The van der Waals surface area contributed by atoms with Gasteiger partial charge in [-0.25, -0.2) is 4.79 Å². The van der Waals surface area contributed by atoms with Gasteiger partial charge >= 0.3 is 5.97 Å². The average Bonchev–Trinajstić information content (AvgIpc) is 2.88. The Morgan fingerprint density at radius 2 is 2.09 bits per heavy atom. The van der Waals surface area contributed by atoms with E-state index in [9.17, 15) is 9.59 Å². The number of hydrogen-bond donors (Lipinski definition) is 1. The highest BCUT2D eigenvalue weighted by molar-refractivity contribution is 6.30. The van der Waals surface area contributed by atoms with Gasteiger partial charge in [0.05, 0.1) is 12.6 Å². The second kappa shape index (κ2) is 5.78. The molecule has 0 spiro atoms. The van der Waals surface area contributed by atoms with E-state index in [1.807, 2.05) is 0 Å². The maximum absolute atomic E-state index is 12.6. The van der Waals surface area contributed by atoms with Crippen molar-refractivity contribution in [1.82, 2.24) is 4.90 Å². The van der Waals surface area contributed by atoms with Crippen molar-refractivity contribution >= 4 is 23.5 Å². The number of benzene rings is 1. The third-order valence-electron chi connectivity index (χ3n) is 3.82. The second-order valence-electron chi connectivity index (χ2n) is 5.58. The minimum Gasteiger partial charge on any atom is -0.480 e. The number of halogens is 1. The van der Waals surface area contributed by atoms with Crippen molar-refractivity contribution in [2.24, 2.45) is 0 Å². The number of fused-ring (bicyclic) bond motifs is 1. The lowest BCUT2D eigenvalue weighted by Crippen LogP contribution is -2.54. The van der Waals surface area contributed by atoms with Gasteiger partial charge in [-0.3, -0.25) is 4.79 Å². The van der Waals surface area contributed by atoms with Crippen LogP contribution >= 0.6 is 11.6 Å². The molecule has 0 saturated carbocycles. The highest BCUT2D eigenvalue weighted by Crippen LogP contribution is 2.32. The van der Waals surface area contributed by atoms with E-state index in [0.717, 1.165) is 5.56 Å². The second-order valence-corrected chi connectivity index (χ2v) is 6.02. The Morgan fingerprint density at radius 3 is 2.82 bits per heavy atom. The Labute approximate surface area is 132 Å². The van der Waals surface area contributed by atoms with Crippen LogP contribution in [0, 0.1) is 0 Å². The molecule has 1 saturated heterocycles. The summed E-state index contributed by atoms with van der Waals surface area (Å²) < 4.78 is 11.0. The van der Waals surface area contributed by atoms with Crippen molar-refractivity contribution in [2.75, 3.05) is 13.1 Å². The zero-order valence-electron chi connectivity index (χ0n) is 12.0. The lowest BCUT2D eigenvalue weighted by molar-refractivity contribution is -0.168. The van der Waals surface area contributed by atoms with E-state index in [-0.39, 0.29) is 18.6 Å². The normalized spacial score (nSPS) is 27.2. The third-order valence-corrected chi connectivity index (χ3v) is 4.05. The first-order valence-electron chi connectivity index (χ1n) is 7.06. The first-order valence-corrected chi connectivity index (χ1v) is 7.44. The molecule has 2 unspecified atom stereocenters. The molecule has 1 N–H and O–H groups in total. The van der Waals surface area contributed by atoms with E-state index < -0.39 is 18.2 Å². The molecule has 0 radical (unpaired) electrons. The van der Waals surface area contributed by atoms with Gasteiger partial charge < -0.3 is 19.5 Å². The first kappa shape index (κ1) is 15.1. The van der Waals surface area contributed by atoms with Gasteiger partial charge in [-0.1, -0.05) is 11.6 Å². The Hall–Kier alpha value is -1.79. The summed E-state index contributed by atoms with van der Waals surface area (Å²) in [6.07, 6.45) is -1.51. The summed E-state index contributed by atoms with van der Waals surface area (Å²) in [5.74, 6) is -0.626. The van der Waals surface area contributed by atoms with E-state index in [1.165, 1.54) is 4.90 Å². The number of morpholine rings is 1. The SMILES string of the molecule is C[C@@H]1CN(C(=O)C2Cc3cc(Cl)ccc3O2)CC(C(=O)O)O1. The van der Waals surface area contributed by atoms with Gasteiger partial charge in [0.2, 0.25) is 0 Å². The molecular weight excluding hydrogens is 310 g/mol. The van der Waals surface area contributed by atoms with Gasteiger partial charge in [0.1, 0.15) is 5.75 Å². The number of rotatable bonds is 2. The summed E-state index contributed by atoms with van der Waals surface area (Å²) in [7, 11) is 0. The van der Waals surface area contributed by atoms with Gasteiger partial charge in [0.15, 0.2) is 12.2 Å². The fourth-order valence-electron chi connectivity index (χ4n) is 2.83. The molecule has 118 valence electrons. The summed E-state index contributed by atoms with van der Waals surface area (Å²) in [4.78, 5) is 25.2. The lowest BCUT2D eigenvalue weighted by atomic mass is 10.1. The molecule has 22 heavy (non-hydrogen) atoms. The highest BCUT2D eigenvalue weighted by Gasteiger charge is 2.38. The molecule has 1 amide bonds. The van der Waals surface area contributed by atoms with Crippen LogP contribution in [-0.2, 0) is 20.7 Å². The molecule has 3 atom stereocenters. The minimum absolute atomic E-state index is 0.0372. The fourth-order valence-corrected chi connectivity index (χ4v) is 3.02. The molecule has 1 aromatic carbocycles. The summed E-state index contributed by atoms with van der Waals surface area (Å²) in [5, 5.41) is 9.68. The van der Waals surface area contributed by atoms with E-state index in [2.05, 4.69) is 0 Å². The molecule has 0 aromatic heterocycles. The minimum atomic E-state index is -1.06. The van der Waals surface area contributed by atoms with Crippen molar-refractivity contribution in [3.63, 3.8) is 0 Å². The predicted molar refractivity (Wildman–Crippen MR) is 78.1 cm³/mol. The molecule has 3 rings (SSSR count). The average molecular weight is 326 g/mol. The fraction of sp³-hybridized carbons (Fsp3) is 0.467. The van der Waals surface area contributed by atoms with Crippen LogP contribution in [0.5, 0.6) is 5.75 Å². The molecule has 7 heteroatoms. The van der Waals surface area contributed by atoms with Gasteiger partial charge in [0.25, 0.3) is 5.91 Å². The van der Waals surface area contributed by atoms with Crippen molar-refractivity contribution < 1.29 is 24.2 Å². The molecular formula is C15H16ClNO5. The first-order chi connectivity index (χ1) is 10.4. The highest BCUT2D eigenvalue weighted by atomic mass is 35.5. The van der Waals surface area contributed by atoms with Crippen LogP contribution in [0.2, 0.25) is 5.02 Å². The van der Waals surface area contributed by atoms with Crippen LogP contribution in [0.15, 0.2) is 18.2 Å². The van der Waals surface area contributed by atoms with Gasteiger partial charge in [-0.15, -0.1) is 0 Å². The number of carboxylic acid groups (broad SMARTS) is 1. The molecule has 2 heterocycles. The van der Waals surface area contributed by atoms with Crippen LogP contribution in [0.3, 0.4) is 0 Å². The molecule has 1 aromatic rings. The standard InChI is InChI=1S/C15H16ClNO5/c1-8-6-17(7-13(21-8)15(19)20)14(18)12-5-9-4-10(16)2-3-11(9)22-12/h2-4,8,12-13H,5-7H2,1H3,(H,19,20)/t8-,12?,13?/m1/s1. The van der Waals surface area contributed by atoms with Crippen LogP contribution in [0.1, 0.15) is 12.5 Å². The number of aliphatic carboxylic acids is 1. The quantitative estimate of drug-likeness (QED) is 0.888. The Morgan fingerprint density at radius 1 is 1.32 bits per heavy atom. The molecule has 6 nitrogen and oxygen atoms in total. The maximum Gasteiger partial charge on any atom is 0.334 e. The number of carbonyl (C=O) groups is 2. The number of hydrogen-bond acceptors (Lipinski definition) is 4. The van der Waals surface area contributed by atoms with Gasteiger partial charge in [-0.2, -0.15) is 0 Å². The van der Waals surface area contributed by atoms with Crippen molar-refractivity contribution in [2.45, 2.75) is 31.7 Å². The number of nitrogens with zero attached hydrogens (tertiary/aromatic N) is 1. The molecule has 2 aliphatic heterocycles. The van der Waals surface area contributed by atoms with Crippen LogP contribution in [-0.4, -0.2) is 53.3 Å². The topological polar surface area (TPSA) is 76.1 Å². The lowest BCUT2D eigenvalue weighted by Gasteiger charge is -2.35. The molecule has 1 fully saturated rings. The van der Waals surface area contributed by atoms with Crippen molar-refractivity contribution in [3.05, 3.63) is 28.8 Å². The van der Waals surface area contributed by atoms with E-state index in [0.29, 0.717) is 23.7 Å². The third kappa shape index (κ3) is 2.89. The van der Waals surface area contributed by atoms with Gasteiger partial charge in [0, 0.05) is 18.0 Å². The maximum atomic E-state index is 12.6. The Kier molecular flexibility index (Phi) is 3.97. The van der Waals surface area contributed by atoms with E-state index >= 15 is 0 Å². The number of ether oxygens (including phenoxy) is 2. The van der Waals surface area contributed by atoms with Crippen molar-refractivity contribution in [1.29, 1.82) is 0 Å². The number of amides is 1. The predicted octanol–water partition coefficient (Wildman–Crippen LogP) is 1.34. The smallest absolute Gasteiger partial charge is 0.334 e. The number of carboxylic acids is 1. The Balaban J connectivity index is 1.71. The van der Waals surface area contributed by atoms with E-state index in [4.69, 9.17) is 26.2 Å². The van der Waals surface area contributed by atoms with Gasteiger partial charge in [-0.05, 0) is 30.7 Å². The molecule has 0 bridgehead atoms. The van der Waals surface area contributed by atoms with Crippen LogP contribution in [0.4, 0.5) is 0 Å². The summed E-state index contributed by atoms with van der Waals surface area (Å²) in [6.45, 7) is 2.15. The summed E-state index contributed by atoms with van der Waals surface area (Å²) in [5.41, 5.74) is 0.891. The zero-order chi connectivity index (χ0) is 15.9. The summed E-state index contributed by atoms with van der Waals surface area (Å²) >= 11 is 5.94. The Bertz CT molecular complexity index is 620. The molecule has 2 aliphatic rings. The monoisotopic (exact) mass is 325 g/mol.